The first-order valence-corrected chi connectivity index (χ1v) is 9.08. The molecule has 1 aliphatic heterocycles. The van der Waals surface area contributed by atoms with Crippen molar-refractivity contribution >= 4 is 11.9 Å². The van der Waals surface area contributed by atoms with E-state index in [0.29, 0.717) is 24.6 Å². The van der Waals surface area contributed by atoms with Crippen LogP contribution in [-0.2, 0) is 11.3 Å². The predicted octanol–water partition coefficient (Wildman–Crippen LogP) is 1.87. The van der Waals surface area contributed by atoms with Gasteiger partial charge in [0.05, 0.1) is 13.2 Å². The van der Waals surface area contributed by atoms with Crippen molar-refractivity contribution in [1.82, 2.24) is 15.5 Å². The summed E-state index contributed by atoms with van der Waals surface area (Å²) in [7, 11) is 2.07. The highest BCUT2D eigenvalue weighted by Crippen LogP contribution is 2.13. The molecule has 1 aromatic rings. The van der Waals surface area contributed by atoms with Gasteiger partial charge in [0.2, 0.25) is 0 Å². The van der Waals surface area contributed by atoms with Crippen LogP contribution in [0.2, 0.25) is 0 Å². The van der Waals surface area contributed by atoms with Gasteiger partial charge in [-0.15, -0.1) is 0 Å². The third-order valence-corrected chi connectivity index (χ3v) is 4.22. The Kier molecular flexibility index (Phi) is 7.73. The van der Waals surface area contributed by atoms with Gasteiger partial charge in [-0.1, -0.05) is 12.1 Å². The fourth-order valence-electron chi connectivity index (χ4n) is 2.86. The molecule has 1 aliphatic rings. The van der Waals surface area contributed by atoms with E-state index >= 15 is 0 Å². The molecule has 2 rings (SSSR count). The first kappa shape index (κ1) is 19.2. The summed E-state index contributed by atoms with van der Waals surface area (Å²) >= 11 is 0. The maximum atomic E-state index is 11.8. The summed E-state index contributed by atoms with van der Waals surface area (Å²) in [4.78, 5) is 18.7. The van der Waals surface area contributed by atoms with Crippen LogP contribution in [-0.4, -0.2) is 56.7 Å². The van der Waals surface area contributed by atoms with Crippen LogP contribution in [0.25, 0.3) is 0 Å². The third kappa shape index (κ3) is 6.05. The smallest absolute Gasteiger partial charge is 0.251 e. The molecule has 6 heteroatoms. The number of guanidine groups is 1. The average molecular weight is 346 g/mol. The normalized spacial score (nSPS) is 17.4. The van der Waals surface area contributed by atoms with Gasteiger partial charge < -0.3 is 20.3 Å². The second-order valence-electron chi connectivity index (χ2n) is 6.34. The summed E-state index contributed by atoms with van der Waals surface area (Å²) < 4.78 is 5.46. The van der Waals surface area contributed by atoms with Crippen molar-refractivity contribution < 1.29 is 9.53 Å². The number of amides is 1. The molecule has 0 spiro atoms. The van der Waals surface area contributed by atoms with Crippen molar-refractivity contribution in [3.63, 3.8) is 0 Å². The molecule has 1 unspecified atom stereocenters. The van der Waals surface area contributed by atoms with E-state index in [2.05, 4.69) is 29.5 Å². The molecule has 1 heterocycles. The van der Waals surface area contributed by atoms with Crippen molar-refractivity contribution in [2.45, 2.75) is 26.8 Å². The standard InChI is InChI=1S/C19H30N4O2/c1-4-20-18(24)17-8-6-15(7-9-17)12-22-19(21-5-2)23(3)13-16-10-11-25-14-16/h6-9,16H,4-5,10-14H2,1-3H3,(H,20,24)(H,21,22). The summed E-state index contributed by atoms with van der Waals surface area (Å²) in [6.45, 7) is 8.69. The Morgan fingerprint density at radius 3 is 2.56 bits per heavy atom. The molecule has 0 aliphatic carbocycles. The molecule has 0 bridgehead atoms. The maximum Gasteiger partial charge on any atom is 0.251 e. The van der Waals surface area contributed by atoms with Crippen LogP contribution in [0.5, 0.6) is 0 Å². The first-order valence-electron chi connectivity index (χ1n) is 9.08. The van der Waals surface area contributed by atoms with E-state index in [1.54, 1.807) is 0 Å². The molecule has 25 heavy (non-hydrogen) atoms. The van der Waals surface area contributed by atoms with E-state index in [4.69, 9.17) is 9.73 Å². The predicted molar refractivity (Wildman–Crippen MR) is 101 cm³/mol. The van der Waals surface area contributed by atoms with Gasteiger partial charge in [-0.25, -0.2) is 4.99 Å². The molecule has 1 amide bonds. The van der Waals surface area contributed by atoms with Gasteiger partial charge in [0.15, 0.2) is 5.96 Å². The van der Waals surface area contributed by atoms with Crippen LogP contribution in [0.15, 0.2) is 29.3 Å². The number of rotatable bonds is 7. The number of aliphatic imine (C=N–C) groups is 1. The van der Waals surface area contributed by atoms with Crippen molar-refractivity contribution in [3.8, 4) is 0 Å². The minimum absolute atomic E-state index is 0.0376. The average Bonchev–Trinajstić information content (AvgIpc) is 3.12. The Bertz CT molecular complexity index is 565. The van der Waals surface area contributed by atoms with E-state index in [9.17, 15) is 4.79 Å². The quantitative estimate of drug-likeness (QED) is 0.584. The molecule has 2 N–H and O–H groups in total. The van der Waals surface area contributed by atoms with Crippen LogP contribution in [0.4, 0.5) is 0 Å². The summed E-state index contributed by atoms with van der Waals surface area (Å²) in [5.41, 5.74) is 1.76. The lowest BCUT2D eigenvalue weighted by molar-refractivity contribution is 0.0956. The molecule has 0 aromatic heterocycles. The summed E-state index contributed by atoms with van der Waals surface area (Å²) in [5.74, 6) is 1.44. The zero-order valence-electron chi connectivity index (χ0n) is 15.5. The number of ether oxygens (including phenoxy) is 1. The molecule has 1 aromatic carbocycles. The number of nitrogens with zero attached hydrogens (tertiary/aromatic N) is 2. The Balaban J connectivity index is 1.96. The molecule has 138 valence electrons. The van der Waals surface area contributed by atoms with Crippen LogP contribution < -0.4 is 10.6 Å². The van der Waals surface area contributed by atoms with Gasteiger partial charge in [0.1, 0.15) is 0 Å². The third-order valence-electron chi connectivity index (χ3n) is 4.22. The van der Waals surface area contributed by atoms with Gasteiger partial charge in [-0.2, -0.15) is 0 Å². The van der Waals surface area contributed by atoms with Gasteiger partial charge in [0.25, 0.3) is 5.91 Å². The molecular formula is C19H30N4O2. The summed E-state index contributed by atoms with van der Waals surface area (Å²) in [6.07, 6.45) is 1.12. The highest BCUT2D eigenvalue weighted by atomic mass is 16.5. The van der Waals surface area contributed by atoms with Crippen LogP contribution in [0, 0.1) is 5.92 Å². The Labute approximate surface area is 150 Å². The van der Waals surface area contributed by atoms with Gasteiger partial charge in [-0.05, 0) is 38.0 Å². The van der Waals surface area contributed by atoms with Crippen LogP contribution >= 0.6 is 0 Å². The molecule has 1 saturated heterocycles. The number of carbonyl (C=O) groups excluding carboxylic acids is 1. The monoisotopic (exact) mass is 346 g/mol. The Hall–Kier alpha value is -2.08. The van der Waals surface area contributed by atoms with E-state index in [-0.39, 0.29) is 5.91 Å². The van der Waals surface area contributed by atoms with E-state index in [1.807, 2.05) is 31.2 Å². The lowest BCUT2D eigenvalue weighted by Gasteiger charge is -2.24. The van der Waals surface area contributed by atoms with E-state index in [0.717, 1.165) is 44.2 Å². The largest absolute Gasteiger partial charge is 0.381 e. The van der Waals surface area contributed by atoms with Crippen molar-refractivity contribution in [3.05, 3.63) is 35.4 Å². The molecule has 6 nitrogen and oxygen atoms in total. The fourth-order valence-corrected chi connectivity index (χ4v) is 2.86. The van der Waals surface area contributed by atoms with Crippen molar-refractivity contribution in [2.24, 2.45) is 10.9 Å². The fraction of sp³-hybridized carbons (Fsp3) is 0.579. The van der Waals surface area contributed by atoms with Crippen molar-refractivity contribution in [1.29, 1.82) is 0 Å². The van der Waals surface area contributed by atoms with Gasteiger partial charge in [0, 0.05) is 44.8 Å². The Morgan fingerprint density at radius 1 is 1.24 bits per heavy atom. The lowest BCUT2D eigenvalue weighted by atomic mass is 10.1. The minimum atomic E-state index is -0.0376. The molecule has 1 atom stereocenters. The van der Waals surface area contributed by atoms with E-state index in [1.165, 1.54) is 0 Å². The van der Waals surface area contributed by atoms with Gasteiger partial charge in [-0.3, -0.25) is 4.79 Å². The number of benzene rings is 1. The second-order valence-corrected chi connectivity index (χ2v) is 6.34. The number of hydrogen-bond acceptors (Lipinski definition) is 3. The van der Waals surface area contributed by atoms with Crippen molar-refractivity contribution in [2.75, 3.05) is 39.9 Å². The zero-order chi connectivity index (χ0) is 18.1. The summed E-state index contributed by atoms with van der Waals surface area (Å²) in [5, 5.41) is 6.15. The summed E-state index contributed by atoms with van der Waals surface area (Å²) in [6, 6.07) is 7.62. The molecule has 0 saturated carbocycles. The number of nitrogens with one attached hydrogen (secondary N) is 2. The molecule has 0 radical (unpaired) electrons. The van der Waals surface area contributed by atoms with Crippen LogP contribution in [0.1, 0.15) is 36.2 Å². The second kappa shape index (κ2) is 10.0. The highest BCUT2D eigenvalue weighted by molar-refractivity contribution is 5.94. The molecular weight excluding hydrogens is 316 g/mol. The number of hydrogen-bond donors (Lipinski definition) is 2. The van der Waals surface area contributed by atoms with Crippen LogP contribution in [0.3, 0.4) is 0 Å². The Morgan fingerprint density at radius 2 is 1.96 bits per heavy atom. The molecule has 1 fully saturated rings. The van der Waals surface area contributed by atoms with Gasteiger partial charge >= 0.3 is 0 Å². The topological polar surface area (TPSA) is 66.0 Å². The number of carbonyl (C=O) groups is 1. The van der Waals surface area contributed by atoms with E-state index < -0.39 is 0 Å². The minimum Gasteiger partial charge on any atom is -0.381 e. The SMILES string of the molecule is CCNC(=O)c1ccc(CN=C(NCC)N(C)CC2CCOC2)cc1. The lowest BCUT2D eigenvalue weighted by Crippen LogP contribution is -2.41. The highest BCUT2D eigenvalue weighted by Gasteiger charge is 2.19. The zero-order valence-corrected chi connectivity index (χ0v) is 15.5. The maximum absolute atomic E-state index is 11.8. The first-order chi connectivity index (χ1) is 12.1.